The van der Waals surface area contributed by atoms with Gasteiger partial charge in [-0.1, -0.05) is 43.3 Å². The monoisotopic (exact) mass is 486 g/mol. The van der Waals surface area contributed by atoms with E-state index >= 15 is 0 Å². The molecule has 0 saturated heterocycles. The first-order valence-corrected chi connectivity index (χ1v) is 13.1. The SMILES string of the molecule is CC/C(=C(/c1ccc(/C=C/C(=O)O)cc1)c1ccc2[nH]ncc2c1)c1cc(S(C)(=O)=O)ccc1C. The van der Waals surface area contributed by atoms with Crippen LogP contribution in [0.5, 0.6) is 0 Å². The first-order chi connectivity index (χ1) is 16.7. The van der Waals surface area contributed by atoms with E-state index in [1.165, 1.54) is 6.26 Å². The molecule has 0 radical (unpaired) electrons. The molecule has 0 aliphatic rings. The second-order valence-electron chi connectivity index (χ2n) is 8.42. The average molecular weight is 487 g/mol. The normalized spacial score (nSPS) is 12.8. The van der Waals surface area contributed by atoms with Gasteiger partial charge < -0.3 is 5.11 Å². The zero-order valence-electron chi connectivity index (χ0n) is 19.7. The first kappa shape index (κ1) is 24.2. The lowest BCUT2D eigenvalue weighted by Crippen LogP contribution is -2.01. The van der Waals surface area contributed by atoms with Gasteiger partial charge in [0, 0.05) is 17.7 Å². The summed E-state index contributed by atoms with van der Waals surface area (Å²) in [6, 6.07) is 19.0. The topological polar surface area (TPSA) is 100 Å². The van der Waals surface area contributed by atoms with Gasteiger partial charge in [0.1, 0.15) is 0 Å². The molecule has 178 valence electrons. The highest BCUT2D eigenvalue weighted by Gasteiger charge is 2.18. The maximum absolute atomic E-state index is 12.3. The third kappa shape index (κ3) is 5.25. The van der Waals surface area contributed by atoms with E-state index in [9.17, 15) is 13.2 Å². The van der Waals surface area contributed by atoms with Gasteiger partial charge in [-0.3, -0.25) is 5.10 Å². The predicted molar refractivity (Wildman–Crippen MR) is 140 cm³/mol. The van der Waals surface area contributed by atoms with Crippen LogP contribution in [0.4, 0.5) is 0 Å². The highest BCUT2D eigenvalue weighted by Crippen LogP contribution is 2.37. The number of nitrogens with zero attached hydrogens (tertiary/aromatic N) is 1. The van der Waals surface area contributed by atoms with E-state index < -0.39 is 15.8 Å². The number of nitrogens with one attached hydrogen (secondary N) is 1. The summed E-state index contributed by atoms with van der Waals surface area (Å²) in [4.78, 5) is 11.2. The minimum absolute atomic E-state index is 0.280. The zero-order valence-corrected chi connectivity index (χ0v) is 20.6. The van der Waals surface area contributed by atoms with Crippen molar-refractivity contribution in [2.24, 2.45) is 0 Å². The highest BCUT2D eigenvalue weighted by molar-refractivity contribution is 7.90. The van der Waals surface area contributed by atoms with E-state index in [4.69, 9.17) is 5.11 Å². The van der Waals surface area contributed by atoms with Crippen molar-refractivity contribution in [1.29, 1.82) is 0 Å². The van der Waals surface area contributed by atoms with Crippen LogP contribution in [0.2, 0.25) is 0 Å². The highest BCUT2D eigenvalue weighted by atomic mass is 32.2. The number of carboxylic acid groups (broad SMARTS) is 1. The van der Waals surface area contributed by atoms with E-state index in [2.05, 4.69) is 23.2 Å². The van der Waals surface area contributed by atoms with Crippen LogP contribution in [0.1, 0.15) is 41.2 Å². The van der Waals surface area contributed by atoms with E-state index in [1.807, 2.05) is 49.4 Å². The first-order valence-electron chi connectivity index (χ1n) is 11.2. The Labute approximate surface area is 204 Å². The molecule has 6 nitrogen and oxygen atoms in total. The number of aryl methyl sites for hydroxylation is 1. The maximum atomic E-state index is 12.3. The molecular formula is C28H26N2O4S. The van der Waals surface area contributed by atoms with Crippen molar-refractivity contribution in [3.63, 3.8) is 0 Å². The van der Waals surface area contributed by atoms with Gasteiger partial charge in [0.05, 0.1) is 16.6 Å². The third-order valence-electron chi connectivity index (χ3n) is 5.96. The number of aromatic nitrogens is 2. The summed E-state index contributed by atoms with van der Waals surface area (Å²) in [7, 11) is -3.37. The number of carbonyl (C=O) groups is 1. The Morgan fingerprint density at radius 2 is 1.74 bits per heavy atom. The van der Waals surface area contributed by atoms with E-state index in [0.717, 1.165) is 55.9 Å². The molecule has 1 heterocycles. The van der Waals surface area contributed by atoms with Crippen LogP contribution in [0.15, 0.2) is 77.8 Å². The van der Waals surface area contributed by atoms with Crippen LogP contribution in [-0.4, -0.2) is 35.9 Å². The molecule has 0 bridgehead atoms. The molecule has 3 aromatic carbocycles. The van der Waals surface area contributed by atoms with Crippen molar-refractivity contribution >= 4 is 43.9 Å². The molecule has 0 amide bonds. The van der Waals surface area contributed by atoms with Crippen molar-refractivity contribution < 1.29 is 18.3 Å². The second kappa shape index (κ2) is 9.72. The number of carboxylic acids is 1. The van der Waals surface area contributed by atoms with Gasteiger partial charge >= 0.3 is 5.97 Å². The molecule has 0 spiro atoms. The molecule has 0 saturated carbocycles. The Morgan fingerprint density at radius 3 is 2.40 bits per heavy atom. The Bertz CT molecular complexity index is 1580. The molecule has 7 heteroatoms. The number of aliphatic carboxylic acids is 1. The second-order valence-corrected chi connectivity index (χ2v) is 10.4. The third-order valence-corrected chi connectivity index (χ3v) is 7.07. The van der Waals surface area contributed by atoms with E-state index in [0.29, 0.717) is 6.42 Å². The molecule has 2 N–H and O–H groups in total. The molecule has 4 aromatic rings. The van der Waals surface area contributed by atoms with Gasteiger partial charge in [0.25, 0.3) is 0 Å². The maximum Gasteiger partial charge on any atom is 0.328 e. The van der Waals surface area contributed by atoms with Crippen LogP contribution >= 0.6 is 0 Å². The number of benzene rings is 3. The van der Waals surface area contributed by atoms with E-state index in [1.54, 1.807) is 24.4 Å². The van der Waals surface area contributed by atoms with Gasteiger partial charge in [0.2, 0.25) is 0 Å². The number of H-pyrrole nitrogens is 1. The molecule has 35 heavy (non-hydrogen) atoms. The van der Waals surface area contributed by atoms with Crippen LogP contribution in [0.25, 0.3) is 28.1 Å². The minimum atomic E-state index is -3.37. The van der Waals surface area contributed by atoms with Gasteiger partial charge in [-0.25, -0.2) is 13.2 Å². The lowest BCUT2D eigenvalue weighted by Gasteiger charge is -2.19. The van der Waals surface area contributed by atoms with Crippen LogP contribution < -0.4 is 0 Å². The standard InChI is InChI=1S/C28H26N2O4S/c1-4-24(25-16-23(35(3,33)34)12-5-18(25)2)28(21-11-13-26-22(15-21)17-29-30-26)20-9-6-19(7-10-20)8-14-27(31)32/h5-17H,4H2,1-3H3,(H,29,30)(H,31,32)/b14-8+,28-24+. The van der Waals surface area contributed by atoms with Crippen molar-refractivity contribution in [1.82, 2.24) is 10.2 Å². The number of hydrogen-bond donors (Lipinski definition) is 2. The fourth-order valence-electron chi connectivity index (χ4n) is 4.20. The van der Waals surface area contributed by atoms with Crippen LogP contribution in [0.3, 0.4) is 0 Å². The largest absolute Gasteiger partial charge is 0.478 e. The van der Waals surface area contributed by atoms with Gasteiger partial charge in [0.15, 0.2) is 9.84 Å². The predicted octanol–water partition coefficient (Wildman–Crippen LogP) is 5.74. The molecule has 4 rings (SSSR count). The summed E-state index contributed by atoms with van der Waals surface area (Å²) in [5.74, 6) is -1.00. The minimum Gasteiger partial charge on any atom is -0.478 e. The fourth-order valence-corrected chi connectivity index (χ4v) is 4.85. The molecule has 0 aliphatic heterocycles. The molecule has 1 aromatic heterocycles. The summed E-state index contributed by atoms with van der Waals surface area (Å²) in [6.07, 6.45) is 6.32. The lowest BCUT2D eigenvalue weighted by molar-refractivity contribution is -0.131. The Kier molecular flexibility index (Phi) is 6.71. The average Bonchev–Trinajstić information content (AvgIpc) is 3.29. The number of aromatic amines is 1. The summed E-state index contributed by atoms with van der Waals surface area (Å²) in [5, 5.41) is 17.0. The number of rotatable bonds is 7. The Balaban J connectivity index is 1.98. The number of allylic oxidation sites excluding steroid dienone is 1. The molecule has 0 fully saturated rings. The molecular weight excluding hydrogens is 460 g/mol. The lowest BCUT2D eigenvalue weighted by atomic mass is 9.86. The van der Waals surface area contributed by atoms with E-state index in [-0.39, 0.29) is 4.90 Å². The van der Waals surface area contributed by atoms with Gasteiger partial charge in [-0.05, 0) is 82.6 Å². The van der Waals surface area contributed by atoms with Gasteiger partial charge in [-0.15, -0.1) is 0 Å². The number of hydrogen-bond acceptors (Lipinski definition) is 4. The van der Waals surface area contributed by atoms with Crippen molar-refractivity contribution in [3.05, 3.63) is 101 Å². The Hall–Kier alpha value is -3.97. The van der Waals surface area contributed by atoms with Crippen LogP contribution in [-0.2, 0) is 14.6 Å². The smallest absolute Gasteiger partial charge is 0.328 e. The van der Waals surface area contributed by atoms with Gasteiger partial charge in [-0.2, -0.15) is 5.10 Å². The zero-order chi connectivity index (χ0) is 25.2. The van der Waals surface area contributed by atoms with Crippen LogP contribution in [0, 0.1) is 6.92 Å². The summed E-state index contributed by atoms with van der Waals surface area (Å²) in [6.45, 7) is 4.04. The molecule has 0 aliphatic carbocycles. The number of sulfone groups is 1. The summed E-state index contributed by atoms with van der Waals surface area (Å²) < 4.78 is 24.6. The summed E-state index contributed by atoms with van der Waals surface area (Å²) in [5.41, 5.74) is 7.49. The fraction of sp³-hybridized carbons (Fsp3) is 0.143. The Morgan fingerprint density at radius 1 is 1.03 bits per heavy atom. The molecule has 0 unspecified atom stereocenters. The van der Waals surface area contributed by atoms with Crippen molar-refractivity contribution in [2.75, 3.05) is 6.26 Å². The molecule has 0 atom stereocenters. The van der Waals surface area contributed by atoms with Crippen molar-refractivity contribution in [2.45, 2.75) is 25.2 Å². The quantitative estimate of drug-likeness (QED) is 0.256. The number of fused-ring (bicyclic) bond motifs is 1. The van der Waals surface area contributed by atoms with Crippen molar-refractivity contribution in [3.8, 4) is 0 Å². The summed E-state index contributed by atoms with van der Waals surface area (Å²) >= 11 is 0.